The van der Waals surface area contributed by atoms with Crippen LogP contribution in [0.4, 0.5) is 0 Å². The Morgan fingerprint density at radius 3 is 2.34 bits per heavy atom. The van der Waals surface area contributed by atoms with Gasteiger partial charge in [0.15, 0.2) is 0 Å². The van der Waals surface area contributed by atoms with Crippen LogP contribution in [-0.2, 0) is 17.8 Å². The Bertz CT molecular complexity index is 1220. The molecule has 0 aliphatic rings. The van der Waals surface area contributed by atoms with E-state index in [1.54, 1.807) is 6.07 Å². The maximum atomic E-state index is 12.8. The van der Waals surface area contributed by atoms with Gasteiger partial charge in [0.1, 0.15) is 11.5 Å². The molecular weight excluding hydrogens is 422 g/mol. The van der Waals surface area contributed by atoms with E-state index in [0.29, 0.717) is 16.5 Å². The number of nitrogens with zero attached hydrogens (tertiary/aromatic N) is 2. The van der Waals surface area contributed by atoms with Gasteiger partial charge in [0.05, 0.1) is 17.8 Å². The van der Waals surface area contributed by atoms with Crippen LogP contribution in [0.2, 0.25) is 5.02 Å². The van der Waals surface area contributed by atoms with Crippen LogP contribution in [0.5, 0.6) is 11.5 Å². The molecule has 0 atom stereocenters. The fraction of sp³-hybridized carbons (Fsp3) is 0.154. The molecular formula is C26H24ClN3O2. The number of amides is 1. The summed E-state index contributed by atoms with van der Waals surface area (Å²) in [4.78, 5) is 12.8. The third-order valence-electron chi connectivity index (χ3n) is 5.29. The van der Waals surface area contributed by atoms with Crippen LogP contribution in [0.3, 0.4) is 0 Å². The van der Waals surface area contributed by atoms with Gasteiger partial charge in [-0.1, -0.05) is 54.1 Å². The van der Waals surface area contributed by atoms with Gasteiger partial charge in [0, 0.05) is 28.4 Å². The summed E-state index contributed by atoms with van der Waals surface area (Å²) in [5.74, 6) is 1.23. The third kappa shape index (κ3) is 4.84. The molecule has 6 heteroatoms. The number of ether oxygens (including phenoxy) is 1. The van der Waals surface area contributed by atoms with E-state index in [4.69, 9.17) is 16.3 Å². The molecule has 0 bridgehead atoms. The van der Waals surface area contributed by atoms with E-state index in [1.165, 1.54) is 0 Å². The molecule has 1 aromatic heterocycles. The summed E-state index contributed by atoms with van der Waals surface area (Å²) >= 11 is 6.42. The molecule has 1 heterocycles. The third-order valence-corrected chi connectivity index (χ3v) is 5.64. The molecule has 32 heavy (non-hydrogen) atoms. The van der Waals surface area contributed by atoms with Crippen LogP contribution in [0.15, 0.2) is 78.9 Å². The molecule has 0 aliphatic carbocycles. The van der Waals surface area contributed by atoms with Crippen molar-refractivity contribution in [1.29, 1.82) is 0 Å². The maximum absolute atomic E-state index is 12.8. The van der Waals surface area contributed by atoms with Gasteiger partial charge in [-0.15, -0.1) is 0 Å². The number of aryl methyl sites for hydroxylation is 1. The lowest BCUT2D eigenvalue weighted by atomic mass is 10.1. The second-order valence-electron chi connectivity index (χ2n) is 7.48. The predicted molar refractivity (Wildman–Crippen MR) is 127 cm³/mol. The standard InChI is InChI=1S/C26H24ClN3O2/c1-18-22(19(2)30(29-18)20-10-5-3-6-11-20)16-26(31)28-17-23-24(27)14-9-15-25(23)32-21-12-7-4-8-13-21/h3-15H,16-17H2,1-2H3,(H,28,31). The van der Waals surface area contributed by atoms with E-state index in [-0.39, 0.29) is 18.9 Å². The smallest absolute Gasteiger partial charge is 0.224 e. The topological polar surface area (TPSA) is 56.2 Å². The quantitative estimate of drug-likeness (QED) is 0.391. The Balaban J connectivity index is 1.47. The molecule has 1 N–H and O–H groups in total. The molecule has 5 nitrogen and oxygen atoms in total. The average molecular weight is 446 g/mol. The van der Waals surface area contributed by atoms with Crippen molar-refractivity contribution in [1.82, 2.24) is 15.1 Å². The zero-order chi connectivity index (χ0) is 22.5. The molecule has 0 radical (unpaired) electrons. The van der Waals surface area contributed by atoms with Crippen LogP contribution in [0, 0.1) is 13.8 Å². The summed E-state index contributed by atoms with van der Waals surface area (Å²) in [7, 11) is 0. The largest absolute Gasteiger partial charge is 0.457 e. The van der Waals surface area contributed by atoms with E-state index < -0.39 is 0 Å². The molecule has 4 aromatic rings. The molecule has 0 fully saturated rings. The maximum Gasteiger partial charge on any atom is 0.224 e. The van der Waals surface area contributed by atoms with Gasteiger partial charge >= 0.3 is 0 Å². The Morgan fingerprint density at radius 2 is 1.62 bits per heavy atom. The number of rotatable bonds is 7. The molecule has 0 saturated carbocycles. The van der Waals surface area contributed by atoms with Crippen molar-refractivity contribution in [3.63, 3.8) is 0 Å². The van der Waals surface area contributed by atoms with Crippen LogP contribution in [0.1, 0.15) is 22.5 Å². The fourth-order valence-corrected chi connectivity index (χ4v) is 3.82. The number of para-hydroxylation sites is 2. The lowest BCUT2D eigenvalue weighted by molar-refractivity contribution is -0.120. The first kappa shape index (κ1) is 21.7. The number of carbonyl (C=O) groups excluding carboxylic acids is 1. The van der Waals surface area contributed by atoms with Gasteiger partial charge in [-0.25, -0.2) is 4.68 Å². The van der Waals surface area contributed by atoms with Crippen molar-refractivity contribution in [2.24, 2.45) is 0 Å². The molecule has 0 unspecified atom stereocenters. The van der Waals surface area contributed by atoms with E-state index in [2.05, 4.69) is 10.4 Å². The van der Waals surface area contributed by atoms with Gasteiger partial charge in [-0.2, -0.15) is 5.10 Å². The monoisotopic (exact) mass is 445 g/mol. The lowest BCUT2D eigenvalue weighted by Crippen LogP contribution is -2.25. The minimum Gasteiger partial charge on any atom is -0.457 e. The average Bonchev–Trinajstić information content (AvgIpc) is 3.08. The zero-order valence-electron chi connectivity index (χ0n) is 18.0. The van der Waals surface area contributed by atoms with Crippen LogP contribution >= 0.6 is 11.6 Å². The number of aromatic nitrogens is 2. The Hall–Kier alpha value is -3.57. The van der Waals surface area contributed by atoms with Crippen molar-refractivity contribution < 1.29 is 9.53 Å². The van der Waals surface area contributed by atoms with E-state index in [1.807, 2.05) is 91.3 Å². The first-order chi connectivity index (χ1) is 15.5. The second-order valence-corrected chi connectivity index (χ2v) is 7.89. The minimum absolute atomic E-state index is 0.102. The molecule has 4 rings (SSSR count). The van der Waals surface area contributed by atoms with E-state index in [9.17, 15) is 4.79 Å². The van der Waals surface area contributed by atoms with Crippen LogP contribution < -0.4 is 10.1 Å². The molecule has 0 saturated heterocycles. The van der Waals surface area contributed by atoms with E-state index >= 15 is 0 Å². The van der Waals surface area contributed by atoms with Crippen molar-refractivity contribution in [3.8, 4) is 17.2 Å². The molecule has 162 valence electrons. The van der Waals surface area contributed by atoms with Crippen LogP contribution in [0.25, 0.3) is 5.69 Å². The number of hydrogen-bond acceptors (Lipinski definition) is 3. The van der Waals surface area contributed by atoms with Gasteiger partial charge < -0.3 is 10.1 Å². The highest BCUT2D eigenvalue weighted by Crippen LogP contribution is 2.30. The second kappa shape index (κ2) is 9.71. The summed E-state index contributed by atoms with van der Waals surface area (Å²) in [5, 5.41) is 8.14. The molecule has 0 spiro atoms. The highest BCUT2D eigenvalue weighted by molar-refractivity contribution is 6.31. The lowest BCUT2D eigenvalue weighted by Gasteiger charge is -2.14. The molecule has 1 amide bonds. The number of benzene rings is 3. The number of carbonyl (C=O) groups is 1. The van der Waals surface area contributed by atoms with Crippen molar-refractivity contribution in [2.75, 3.05) is 0 Å². The Morgan fingerprint density at radius 1 is 0.938 bits per heavy atom. The molecule has 0 aliphatic heterocycles. The first-order valence-electron chi connectivity index (χ1n) is 10.4. The minimum atomic E-state index is -0.102. The summed E-state index contributed by atoms with van der Waals surface area (Å²) < 4.78 is 7.86. The van der Waals surface area contributed by atoms with E-state index in [0.717, 1.165) is 28.2 Å². The summed E-state index contributed by atoms with van der Waals surface area (Å²) in [5.41, 5.74) is 4.42. The van der Waals surface area contributed by atoms with Crippen molar-refractivity contribution in [3.05, 3.63) is 106 Å². The normalized spacial score (nSPS) is 10.7. The first-order valence-corrected chi connectivity index (χ1v) is 10.8. The predicted octanol–water partition coefficient (Wildman–Crippen LogP) is 5.79. The van der Waals surface area contributed by atoms with Gasteiger partial charge in [0.2, 0.25) is 5.91 Å². The van der Waals surface area contributed by atoms with Gasteiger partial charge in [-0.05, 0) is 50.2 Å². The van der Waals surface area contributed by atoms with Gasteiger partial charge in [0.25, 0.3) is 0 Å². The zero-order valence-corrected chi connectivity index (χ0v) is 18.8. The Kier molecular flexibility index (Phi) is 6.57. The Labute approximate surface area is 192 Å². The van der Waals surface area contributed by atoms with Gasteiger partial charge in [-0.3, -0.25) is 4.79 Å². The summed E-state index contributed by atoms with van der Waals surface area (Å²) in [6.45, 7) is 4.18. The SMILES string of the molecule is Cc1nn(-c2ccccc2)c(C)c1CC(=O)NCc1c(Cl)cccc1Oc1ccccc1. The van der Waals surface area contributed by atoms with Crippen LogP contribution in [-0.4, -0.2) is 15.7 Å². The number of hydrogen-bond donors (Lipinski definition) is 1. The fourth-order valence-electron chi connectivity index (χ4n) is 3.58. The number of halogens is 1. The van der Waals surface area contributed by atoms with Crippen molar-refractivity contribution in [2.45, 2.75) is 26.8 Å². The highest BCUT2D eigenvalue weighted by atomic mass is 35.5. The highest BCUT2D eigenvalue weighted by Gasteiger charge is 2.17. The number of nitrogens with one attached hydrogen (secondary N) is 1. The van der Waals surface area contributed by atoms with Crippen molar-refractivity contribution >= 4 is 17.5 Å². The summed E-state index contributed by atoms with van der Waals surface area (Å²) in [6, 6.07) is 24.8. The molecule has 3 aromatic carbocycles. The summed E-state index contributed by atoms with van der Waals surface area (Å²) in [6.07, 6.45) is 0.240.